The fourth-order valence-electron chi connectivity index (χ4n) is 0.846. The summed E-state index contributed by atoms with van der Waals surface area (Å²) in [4.78, 5) is 23.0. The minimum Gasteiger partial charge on any atom is -0.368 e. The molecule has 0 aromatic heterocycles. The normalized spacial score (nSPS) is 9.50. The number of nitrogens with zero attached hydrogens (tertiary/aromatic N) is 1. The second-order valence-electron chi connectivity index (χ2n) is 2.41. The second kappa shape index (κ2) is 5.54. The first-order valence-corrected chi connectivity index (χ1v) is 3.88. The van der Waals surface area contributed by atoms with Crippen LogP contribution in [0.25, 0.3) is 0 Å². The Kier molecular flexibility index (Phi) is 5.03. The van der Waals surface area contributed by atoms with Crippen LogP contribution in [0.4, 0.5) is 0 Å². The Morgan fingerprint density at radius 1 is 1.42 bits per heavy atom. The molecule has 0 rings (SSSR count). The van der Waals surface area contributed by atoms with Crippen molar-refractivity contribution in [2.24, 2.45) is 11.5 Å². The van der Waals surface area contributed by atoms with E-state index in [-0.39, 0.29) is 18.9 Å². The molecular formula is C7H15N3O2. The molecule has 0 spiro atoms. The molecule has 4 N–H and O–H groups in total. The van der Waals surface area contributed by atoms with E-state index in [9.17, 15) is 9.59 Å². The summed E-state index contributed by atoms with van der Waals surface area (Å²) in [6.07, 6.45) is 0.265. The molecule has 0 atom stereocenters. The van der Waals surface area contributed by atoms with E-state index in [1.165, 1.54) is 4.90 Å². The number of hydrogen-bond donors (Lipinski definition) is 2. The number of primary amides is 1. The van der Waals surface area contributed by atoms with E-state index in [2.05, 4.69) is 0 Å². The lowest BCUT2D eigenvalue weighted by molar-refractivity contribution is -0.134. The Labute approximate surface area is 71.7 Å². The number of nitrogens with two attached hydrogens (primary N) is 2. The van der Waals surface area contributed by atoms with Gasteiger partial charge in [-0.1, -0.05) is 0 Å². The van der Waals surface area contributed by atoms with Crippen LogP contribution < -0.4 is 11.5 Å². The maximum absolute atomic E-state index is 11.1. The van der Waals surface area contributed by atoms with Gasteiger partial charge in [-0.15, -0.1) is 0 Å². The number of carbonyl (C=O) groups excluding carboxylic acids is 2. The summed E-state index contributed by atoms with van der Waals surface area (Å²) in [5.41, 5.74) is 10.1. The fraction of sp³-hybridized carbons (Fsp3) is 0.714. The van der Waals surface area contributed by atoms with Gasteiger partial charge in [0.05, 0.1) is 6.54 Å². The fourth-order valence-corrected chi connectivity index (χ4v) is 0.846. The summed E-state index contributed by atoms with van der Waals surface area (Å²) in [6.45, 7) is 2.56. The zero-order valence-corrected chi connectivity index (χ0v) is 7.25. The molecule has 0 aliphatic rings. The van der Waals surface area contributed by atoms with Crippen LogP contribution in [0.2, 0.25) is 0 Å². The third kappa shape index (κ3) is 3.92. The molecule has 0 aromatic rings. The quantitative estimate of drug-likeness (QED) is 0.539. The predicted molar refractivity (Wildman–Crippen MR) is 45.1 cm³/mol. The predicted octanol–water partition coefficient (Wildman–Crippen LogP) is -1.33. The van der Waals surface area contributed by atoms with E-state index in [0.29, 0.717) is 13.1 Å². The van der Waals surface area contributed by atoms with Crippen LogP contribution in [0.1, 0.15) is 13.3 Å². The van der Waals surface area contributed by atoms with Gasteiger partial charge in [0.25, 0.3) is 0 Å². The SMILES string of the molecule is CCN(CC(N)=O)C(=O)CCN. The highest BCUT2D eigenvalue weighted by atomic mass is 16.2. The molecule has 0 aliphatic carbocycles. The van der Waals surface area contributed by atoms with Gasteiger partial charge in [0.15, 0.2) is 0 Å². The van der Waals surface area contributed by atoms with Crippen LogP contribution in [-0.2, 0) is 9.59 Å². The molecule has 70 valence electrons. The van der Waals surface area contributed by atoms with Crippen molar-refractivity contribution in [1.29, 1.82) is 0 Å². The monoisotopic (exact) mass is 173 g/mol. The molecule has 0 bridgehead atoms. The molecule has 0 unspecified atom stereocenters. The molecule has 5 nitrogen and oxygen atoms in total. The van der Waals surface area contributed by atoms with Gasteiger partial charge in [0.1, 0.15) is 0 Å². The van der Waals surface area contributed by atoms with E-state index >= 15 is 0 Å². The number of hydrogen-bond acceptors (Lipinski definition) is 3. The summed E-state index contributed by atoms with van der Waals surface area (Å²) in [6, 6.07) is 0. The topological polar surface area (TPSA) is 89.4 Å². The first-order chi connectivity index (χ1) is 5.61. The van der Waals surface area contributed by atoms with Crippen molar-refractivity contribution in [3.05, 3.63) is 0 Å². The lowest BCUT2D eigenvalue weighted by Crippen LogP contribution is -2.38. The largest absolute Gasteiger partial charge is 0.368 e. The van der Waals surface area contributed by atoms with E-state index < -0.39 is 5.91 Å². The van der Waals surface area contributed by atoms with E-state index in [1.807, 2.05) is 0 Å². The Morgan fingerprint density at radius 3 is 2.33 bits per heavy atom. The molecule has 0 aromatic carbocycles. The maximum Gasteiger partial charge on any atom is 0.237 e. The average molecular weight is 173 g/mol. The van der Waals surface area contributed by atoms with Crippen LogP contribution in [0.5, 0.6) is 0 Å². The van der Waals surface area contributed by atoms with E-state index in [0.717, 1.165) is 0 Å². The Bertz CT molecular complexity index is 170. The van der Waals surface area contributed by atoms with Crippen molar-refractivity contribution in [3.8, 4) is 0 Å². The summed E-state index contributed by atoms with van der Waals surface area (Å²) in [7, 11) is 0. The molecule has 0 heterocycles. The summed E-state index contributed by atoms with van der Waals surface area (Å²) in [5, 5.41) is 0. The van der Waals surface area contributed by atoms with Crippen LogP contribution in [0, 0.1) is 0 Å². The van der Waals surface area contributed by atoms with E-state index in [4.69, 9.17) is 11.5 Å². The average Bonchev–Trinajstić information content (AvgIpc) is 2.00. The van der Waals surface area contributed by atoms with Gasteiger partial charge in [-0.05, 0) is 6.92 Å². The molecule has 0 saturated carbocycles. The smallest absolute Gasteiger partial charge is 0.237 e. The van der Waals surface area contributed by atoms with E-state index in [1.54, 1.807) is 6.92 Å². The summed E-state index contributed by atoms with van der Waals surface area (Å²) in [5.74, 6) is -0.624. The lowest BCUT2D eigenvalue weighted by Gasteiger charge is -2.18. The van der Waals surface area contributed by atoms with Crippen LogP contribution in [-0.4, -0.2) is 36.3 Å². The van der Waals surface area contributed by atoms with Crippen molar-refractivity contribution in [2.75, 3.05) is 19.6 Å². The highest BCUT2D eigenvalue weighted by molar-refractivity contribution is 5.83. The molecule has 12 heavy (non-hydrogen) atoms. The molecule has 0 saturated heterocycles. The first-order valence-electron chi connectivity index (χ1n) is 3.88. The number of amides is 2. The lowest BCUT2D eigenvalue weighted by atomic mass is 10.3. The van der Waals surface area contributed by atoms with Crippen molar-refractivity contribution in [2.45, 2.75) is 13.3 Å². The third-order valence-corrected chi connectivity index (χ3v) is 1.44. The number of likely N-dealkylation sites (N-methyl/N-ethyl adjacent to an activating group) is 1. The van der Waals surface area contributed by atoms with Gasteiger partial charge < -0.3 is 16.4 Å². The van der Waals surface area contributed by atoms with Gasteiger partial charge in [0.2, 0.25) is 11.8 Å². The summed E-state index contributed by atoms with van der Waals surface area (Å²) < 4.78 is 0. The third-order valence-electron chi connectivity index (χ3n) is 1.44. The van der Waals surface area contributed by atoms with Crippen molar-refractivity contribution in [3.63, 3.8) is 0 Å². The first kappa shape index (κ1) is 10.9. The zero-order chi connectivity index (χ0) is 9.56. The minimum absolute atomic E-state index is 0.0185. The van der Waals surface area contributed by atoms with Crippen molar-refractivity contribution < 1.29 is 9.59 Å². The Balaban J connectivity index is 3.96. The van der Waals surface area contributed by atoms with Gasteiger partial charge in [-0.2, -0.15) is 0 Å². The molecule has 0 aliphatic heterocycles. The highest BCUT2D eigenvalue weighted by Crippen LogP contribution is 1.91. The molecule has 0 fully saturated rings. The molecule has 5 heteroatoms. The Hall–Kier alpha value is -1.10. The van der Waals surface area contributed by atoms with Crippen molar-refractivity contribution >= 4 is 11.8 Å². The highest BCUT2D eigenvalue weighted by Gasteiger charge is 2.11. The van der Waals surface area contributed by atoms with Crippen molar-refractivity contribution in [1.82, 2.24) is 4.90 Å². The minimum atomic E-state index is -0.498. The molecule has 0 radical (unpaired) electrons. The maximum atomic E-state index is 11.1. The van der Waals surface area contributed by atoms with Gasteiger partial charge >= 0.3 is 0 Å². The van der Waals surface area contributed by atoms with Gasteiger partial charge in [-0.25, -0.2) is 0 Å². The molecule has 2 amide bonds. The van der Waals surface area contributed by atoms with Gasteiger partial charge in [-0.3, -0.25) is 9.59 Å². The number of carbonyl (C=O) groups is 2. The van der Waals surface area contributed by atoms with Crippen LogP contribution in [0.15, 0.2) is 0 Å². The second-order valence-corrected chi connectivity index (χ2v) is 2.41. The zero-order valence-electron chi connectivity index (χ0n) is 7.25. The van der Waals surface area contributed by atoms with Crippen LogP contribution >= 0.6 is 0 Å². The molecular weight excluding hydrogens is 158 g/mol. The van der Waals surface area contributed by atoms with Crippen LogP contribution in [0.3, 0.4) is 0 Å². The Morgan fingerprint density at radius 2 is 2.00 bits per heavy atom. The standard InChI is InChI=1S/C7H15N3O2/c1-2-10(5-6(9)11)7(12)3-4-8/h2-5,8H2,1H3,(H2,9,11). The summed E-state index contributed by atoms with van der Waals surface area (Å²) >= 11 is 0. The number of rotatable bonds is 5. The van der Waals surface area contributed by atoms with Gasteiger partial charge in [0, 0.05) is 19.5 Å².